The Morgan fingerprint density at radius 2 is 1.91 bits per heavy atom. The van der Waals surface area contributed by atoms with E-state index in [1.54, 1.807) is 24.9 Å². The van der Waals surface area contributed by atoms with Crippen molar-refractivity contribution >= 4 is 40.8 Å². The van der Waals surface area contributed by atoms with Crippen LogP contribution in [0.1, 0.15) is 31.3 Å². The van der Waals surface area contributed by atoms with Gasteiger partial charge in [0.1, 0.15) is 16.7 Å². The molecule has 0 unspecified atom stereocenters. The van der Waals surface area contributed by atoms with E-state index in [1.165, 1.54) is 0 Å². The van der Waals surface area contributed by atoms with Gasteiger partial charge in [-0.05, 0) is 24.1 Å². The Morgan fingerprint density at radius 1 is 1.30 bits per heavy atom. The molecule has 0 aliphatic rings. The van der Waals surface area contributed by atoms with Crippen LogP contribution in [0.3, 0.4) is 0 Å². The minimum absolute atomic E-state index is 0.288. The van der Waals surface area contributed by atoms with Crippen molar-refractivity contribution in [3.05, 3.63) is 39.8 Å². The lowest BCUT2D eigenvalue weighted by molar-refractivity contribution is 0.747. The number of benzene rings is 1. The van der Waals surface area contributed by atoms with Crippen LogP contribution >= 0.6 is 35.0 Å². The summed E-state index contributed by atoms with van der Waals surface area (Å²) >= 11 is 13.8. The van der Waals surface area contributed by atoms with Gasteiger partial charge in [0.2, 0.25) is 0 Å². The Kier molecular flexibility index (Phi) is 6.00. The molecule has 0 atom stereocenters. The molecule has 0 spiro atoms. The molecule has 0 radical (unpaired) electrons. The predicted molar refractivity (Wildman–Crippen MR) is 98.4 cm³/mol. The number of hydrogen-bond donors (Lipinski definition) is 2. The summed E-state index contributed by atoms with van der Waals surface area (Å²) in [5, 5.41) is 13.0. The number of aromatic nitrogens is 2. The lowest BCUT2D eigenvalue weighted by atomic mass is 10.1. The molecule has 0 aliphatic heterocycles. The molecule has 1 aromatic carbocycles. The fourth-order valence-electron chi connectivity index (χ4n) is 2.15. The number of hydrogen-bond acceptors (Lipinski definition) is 3. The van der Waals surface area contributed by atoms with Gasteiger partial charge in [-0.1, -0.05) is 48.8 Å². The van der Waals surface area contributed by atoms with Crippen LogP contribution < -0.4 is 5.32 Å². The van der Waals surface area contributed by atoms with Gasteiger partial charge in [0.15, 0.2) is 0 Å². The lowest BCUT2D eigenvalue weighted by Gasteiger charge is -2.09. The highest BCUT2D eigenvalue weighted by Crippen LogP contribution is 2.36. The minimum Gasteiger partial charge on any atom is -0.377 e. The lowest BCUT2D eigenvalue weighted by Crippen LogP contribution is -2.21. The van der Waals surface area contributed by atoms with Crippen molar-refractivity contribution in [2.75, 3.05) is 7.05 Å². The molecule has 0 bridgehead atoms. The molecule has 124 valence electrons. The van der Waals surface area contributed by atoms with Crippen molar-refractivity contribution in [2.24, 2.45) is 7.05 Å². The zero-order valence-electron chi connectivity index (χ0n) is 13.6. The second kappa shape index (κ2) is 7.60. The van der Waals surface area contributed by atoms with E-state index in [-0.39, 0.29) is 5.92 Å². The standard InChI is InChI=1S/C16H20Cl2N4S/c1-9(2)15-16(22(4)14(21-15)8-13(19)20-3)23-12-6-10(17)5-11(18)7-12/h5-7,9H,8H2,1-4H3,(H2,19,20). The van der Waals surface area contributed by atoms with E-state index in [0.717, 1.165) is 21.4 Å². The molecular formula is C16H20Cl2N4S. The first-order valence-electron chi connectivity index (χ1n) is 7.26. The molecule has 1 heterocycles. The summed E-state index contributed by atoms with van der Waals surface area (Å²) in [7, 11) is 3.73. The largest absolute Gasteiger partial charge is 0.377 e. The molecule has 0 saturated heterocycles. The summed E-state index contributed by atoms with van der Waals surface area (Å²) in [5.41, 5.74) is 1.02. The van der Waals surface area contributed by atoms with Crippen molar-refractivity contribution in [2.45, 2.75) is 36.1 Å². The van der Waals surface area contributed by atoms with Crippen LogP contribution in [0.2, 0.25) is 10.0 Å². The Hall–Kier alpha value is -1.17. The van der Waals surface area contributed by atoms with E-state index < -0.39 is 0 Å². The highest BCUT2D eigenvalue weighted by atomic mass is 35.5. The average molecular weight is 371 g/mol. The maximum atomic E-state index is 7.83. The molecule has 0 saturated carbocycles. The van der Waals surface area contributed by atoms with Crippen molar-refractivity contribution < 1.29 is 0 Å². The molecule has 0 amide bonds. The second-order valence-corrected chi connectivity index (χ2v) is 7.48. The molecular weight excluding hydrogens is 351 g/mol. The first kappa shape index (κ1) is 18.2. The quantitative estimate of drug-likeness (QED) is 0.590. The first-order chi connectivity index (χ1) is 10.8. The van der Waals surface area contributed by atoms with E-state index >= 15 is 0 Å². The number of amidine groups is 1. The number of imidazole rings is 1. The summed E-state index contributed by atoms with van der Waals surface area (Å²) < 4.78 is 2.04. The van der Waals surface area contributed by atoms with E-state index in [0.29, 0.717) is 22.3 Å². The monoisotopic (exact) mass is 370 g/mol. The third-order valence-electron chi connectivity index (χ3n) is 3.39. The highest BCUT2D eigenvalue weighted by Gasteiger charge is 2.19. The normalized spacial score (nSPS) is 11.1. The van der Waals surface area contributed by atoms with E-state index in [2.05, 4.69) is 19.2 Å². The van der Waals surface area contributed by atoms with Gasteiger partial charge in [-0.25, -0.2) is 4.98 Å². The SMILES string of the molecule is CNC(=N)Cc1nc(C(C)C)c(Sc2cc(Cl)cc(Cl)c2)n1C. The number of nitrogens with one attached hydrogen (secondary N) is 2. The highest BCUT2D eigenvalue weighted by molar-refractivity contribution is 7.99. The second-order valence-electron chi connectivity index (χ2n) is 5.54. The van der Waals surface area contributed by atoms with Crippen LogP contribution in [-0.2, 0) is 13.5 Å². The van der Waals surface area contributed by atoms with Crippen LogP contribution in [0.4, 0.5) is 0 Å². The summed E-state index contributed by atoms with van der Waals surface area (Å²) in [5.74, 6) is 1.59. The fraction of sp³-hybridized carbons (Fsp3) is 0.375. The van der Waals surface area contributed by atoms with E-state index in [9.17, 15) is 0 Å². The molecule has 4 nitrogen and oxygen atoms in total. The zero-order valence-corrected chi connectivity index (χ0v) is 15.9. The van der Waals surface area contributed by atoms with Gasteiger partial charge in [0.25, 0.3) is 0 Å². The van der Waals surface area contributed by atoms with Gasteiger partial charge in [-0.3, -0.25) is 5.41 Å². The maximum absolute atomic E-state index is 7.83. The maximum Gasteiger partial charge on any atom is 0.117 e. The van der Waals surface area contributed by atoms with Gasteiger partial charge in [0.05, 0.1) is 12.1 Å². The van der Waals surface area contributed by atoms with Crippen LogP contribution in [0.25, 0.3) is 0 Å². The van der Waals surface area contributed by atoms with Gasteiger partial charge in [-0.15, -0.1) is 0 Å². The third-order valence-corrected chi connectivity index (χ3v) is 4.98. The van der Waals surface area contributed by atoms with E-state index in [1.807, 2.05) is 23.7 Å². The van der Waals surface area contributed by atoms with Gasteiger partial charge in [0, 0.05) is 29.0 Å². The minimum atomic E-state index is 0.288. The molecule has 2 aromatic rings. The van der Waals surface area contributed by atoms with Crippen molar-refractivity contribution in [1.29, 1.82) is 5.41 Å². The number of rotatable bonds is 5. The van der Waals surface area contributed by atoms with Crippen LogP contribution in [-0.4, -0.2) is 22.4 Å². The van der Waals surface area contributed by atoms with Crippen LogP contribution in [0.15, 0.2) is 28.1 Å². The van der Waals surface area contributed by atoms with Crippen molar-refractivity contribution in [3.63, 3.8) is 0 Å². The fourth-order valence-corrected chi connectivity index (χ4v) is 4.03. The number of likely N-dealkylation sites (N-methyl/N-ethyl adjacent to an activating group) is 1. The number of nitrogens with zero attached hydrogens (tertiary/aromatic N) is 2. The molecule has 1 aromatic heterocycles. The third kappa shape index (κ3) is 4.43. The molecule has 0 fully saturated rings. The smallest absolute Gasteiger partial charge is 0.117 e. The Morgan fingerprint density at radius 3 is 2.43 bits per heavy atom. The van der Waals surface area contributed by atoms with Crippen molar-refractivity contribution in [1.82, 2.24) is 14.9 Å². The number of halogens is 2. The molecule has 0 aliphatic carbocycles. The zero-order chi connectivity index (χ0) is 17.1. The van der Waals surface area contributed by atoms with Gasteiger partial charge < -0.3 is 9.88 Å². The average Bonchev–Trinajstić information content (AvgIpc) is 2.75. The summed E-state index contributed by atoms with van der Waals surface area (Å²) in [4.78, 5) is 5.71. The van der Waals surface area contributed by atoms with Crippen LogP contribution in [0.5, 0.6) is 0 Å². The first-order valence-corrected chi connectivity index (χ1v) is 8.83. The van der Waals surface area contributed by atoms with E-state index in [4.69, 9.17) is 33.6 Å². The summed E-state index contributed by atoms with van der Waals surface area (Å²) in [6.07, 6.45) is 0.476. The van der Waals surface area contributed by atoms with Gasteiger partial charge in [-0.2, -0.15) is 0 Å². The summed E-state index contributed by atoms with van der Waals surface area (Å²) in [6, 6.07) is 5.51. The predicted octanol–water partition coefficient (Wildman–Crippen LogP) is 4.74. The van der Waals surface area contributed by atoms with Crippen molar-refractivity contribution in [3.8, 4) is 0 Å². The molecule has 2 rings (SSSR count). The Labute approximate surface area is 151 Å². The van der Waals surface area contributed by atoms with Crippen LogP contribution in [0, 0.1) is 5.41 Å². The van der Waals surface area contributed by atoms with Gasteiger partial charge >= 0.3 is 0 Å². The molecule has 2 N–H and O–H groups in total. The Balaban J connectivity index is 2.41. The topological polar surface area (TPSA) is 53.7 Å². The Bertz CT molecular complexity index is 705. The molecule has 23 heavy (non-hydrogen) atoms. The summed E-state index contributed by atoms with van der Waals surface area (Å²) in [6.45, 7) is 4.23. The molecule has 7 heteroatoms.